The molecule has 1 aromatic rings. The van der Waals surface area contributed by atoms with E-state index in [4.69, 9.17) is 9.47 Å². The van der Waals surface area contributed by atoms with Crippen molar-refractivity contribution in [3.05, 3.63) is 48.1 Å². The third-order valence-corrected chi connectivity index (χ3v) is 3.19. The highest BCUT2D eigenvalue weighted by Crippen LogP contribution is 2.36. The molecule has 0 radical (unpaired) electrons. The van der Waals surface area contributed by atoms with Gasteiger partial charge in [0.1, 0.15) is 0 Å². The molecule has 1 aliphatic carbocycles. The molecule has 0 amide bonds. The monoisotopic (exact) mass is 257 g/mol. The highest BCUT2D eigenvalue weighted by atomic mass is 16.7. The molecule has 0 saturated heterocycles. The van der Waals surface area contributed by atoms with Crippen molar-refractivity contribution >= 4 is 17.3 Å². The molecule has 0 aliphatic heterocycles. The number of allylic oxidation sites excluding steroid dienone is 2. The molecule has 0 bridgehead atoms. The second kappa shape index (κ2) is 5.76. The lowest BCUT2D eigenvalue weighted by Gasteiger charge is -2.31. The Bertz CT molecular complexity index is 565. The van der Waals surface area contributed by atoms with Gasteiger partial charge in [0.2, 0.25) is 6.08 Å². The molecule has 19 heavy (non-hydrogen) atoms. The largest absolute Gasteiger partial charge is 0.349 e. The summed E-state index contributed by atoms with van der Waals surface area (Å²) in [7, 11) is 3.21. The second-order valence-electron chi connectivity index (χ2n) is 4.17. The topological polar surface area (TPSA) is 47.9 Å². The Morgan fingerprint density at radius 1 is 1.26 bits per heavy atom. The Morgan fingerprint density at radius 3 is 2.68 bits per heavy atom. The van der Waals surface area contributed by atoms with Crippen LogP contribution in [0.1, 0.15) is 12.0 Å². The Morgan fingerprint density at radius 2 is 2.00 bits per heavy atom. The Hall–Kier alpha value is -2.00. The quantitative estimate of drug-likeness (QED) is 0.473. The predicted octanol–water partition coefficient (Wildman–Crippen LogP) is 2.99. The number of benzene rings is 1. The van der Waals surface area contributed by atoms with Crippen LogP contribution >= 0.6 is 0 Å². The number of methoxy groups -OCH3 is 2. The van der Waals surface area contributed by atoms with E-state index in [9.17, 15) is 4.79 Å². The minimum Gasteiger partial charge on any atom is -0.349 e. The number of ether oxygens (including phenoxy) is 2. The molecule has 0 saturated carbocycles. The van der Waals surface area contributed by atoms with Gasteiger partial charge >= 0.3 is 0 Å². The highest BCUT2D eigenvalue weighted by molar-refractivity contribution is 5.78. The summed E-state index contributed by atoms with van der Waals surface area (Å²) in [5, 5.41) is 0. The fraction of sp³-hybridized carbons (Fsp3) is 0.267. The average molecular weight is 257 g/mol. The number of para-hydroxylation sites is 1. The summed E-state index contributed by atoms with van der Waals surface area (Å²) in [6, 6.07) is 7.43. The Labute approximate surface area is 112 Å². The molecule has 0 spiro atoms. The van der Waals surface area contributed by atoms with Crippen LogP contribution in [-0.4, -0.2) is 26.1 Å². The lowest BCUT2D eigenvalue weighted by atomic mass is 9.92. The van der Waals surface area contributed by atoms with Gasteiger partial charge in [-0.25, -0.2) is 4.79 Å². The van der Waals surface area contributed by atoms with Crippen LogP contribution in [0.3, 0.4) is 0 Å². The molecule has 0 fully saturated rings. The van der Waals surface area contributed by atoms with E-state index in [0.717, 1.165) is 11.1 Å². The normalized spacial score (nSPS) is 16.6. The molecule has 0 N–H and O–H groups in total. The van der Waals surface area contributed by atoms with Gasteiger partial charge in [-0.15, -0.1) is 0 Å². The standard InChI is InChI=1S/C15H15NO3/c1-18-15(19-2)9-5-6-12(10-15)13-7-3-4-8-14(13)16-11-17/h3-9H,10H2,1-2H3. The van der Waals surface area contributed by atoms with E-state index in [0.29, 0.717) is 12.1 Å². The van der Waals surface area contributed by atoms with Crippen molar-refractivity contribution in [1.29, 1.82) is 0 Å². The van der Waals surface area contributed by atoms with Gasteiger partial charge in [-0.2, -0.15) is 4.99 Å². The van der Waals surface area contributed by atoms with E-state index in [-0.39, 0.29) is 0 Å². The van der Waals surface area contributed by atoms with Crippen LogP contribution in [0.4, 0.5) is 5.69 Å². The third kappa shape index (κ3) is 2.71. The average Bonchev–Trinajstić information content (AvgIpc) is 2.48. The van der Waals surface area contributed by atoms with Crippen LogP contribution in [-0.2, 0) is 14.3 Å². The van der Waals surface area contributed by atoms with Gasteiger partial charge in [0.15, 0.2) is 5.79 Å². The lowest BCUT2D eigenvalue weighted by Crippen LogP contribution is -2.32. The highest BCUT2D eigenvalue weighted by Gasteiger charge is 2.30. The summed E-state index contributed by atoms with van der Waals surface area (Å²) < 4.78 is 10.8. The van der Waals surface area contributed by atoms with Crippen LogP contribution in [0.5, 0.6) is 0 Å². The van der Waals surface area contributed by atoms with Crippen molar-refractivity contribution < 1.29 is 14.3 Å². The minimum atomic E-state index is -0.762. The first-order valence-electron chi connectivity index (χ1n) is 5.90. The number of rotatable bonds is 4. The first kappa shape index (κ1) is 13.4. The molecule has 1 aromatic carbocycles. The van der Waals surface area contributed by atoms with Crippen molar-refractivity contribution in [3.8, 4) is 0 Å². The van der Waals surface area contributed by atoms with Gasteiger partial charge in [0.05, 0.1) is 5.69 Å². The zero-order valence-electron chi connectivity index (χ0n) is 10.9. The SMILES string of the molecule is COC1(OC)C=CC=C(c2ccccc2N=C=O)C1. The van der Waals surface area contributed by atoms with Crippen molar-refractivity contribution in [2.24, 2.45) is 4.99 Å². The zero-order chi connectivity index (χ0) is 13.7. The first-order valence-corrected chi connectivity index (χ1v) is 5.90. The fourth-order valence-electron chi connectivity index (χ4n) is 2.13. The minimum absolute atomic E-state index is 0.557. The zero-order valence-corrected chi connectivity index (χ0v) is 10.9. The molecule has 98 valence electrons. The van der Waals surface area contributed by atoms with Crippen molar-refractivity contribution in [3.63, 3.8) is 0 Å². The van der Waals surface area contributed by atoms with Crippen LogP contribution in [0.15, 0.2) is 47.5 Å². The molecule has 4 nitrogen and oxygen atoms in total. The number of nitrogens with zero attached hydrogens (tertiary/aromatic N) is 1. The summed E-state index contributed by atoms with van der Waals surface area (Å²) >= 11 is 0. The molecule has 0 heterocycles. The summed E-state index contributed by atoms with van der Waals surface area (Å²) in [5.41, 5.74) is 2.48. The molecule has 0 unspecified atom stereocenters. The van der Waals surface area contributed by atoms with E-state index in [1.807, 2.05) is 36.4 Å². The van der Waals surface area contributed by atoms with Gasteiger partial charge in [-0.3, -0.25) is 0 Å². The van der Waals surface area contributed by atoms with Crippen molar-refractivity contribution in [2.45, 2.75) is 12.2 Å². The van der Waals surface area contributed by atoms with Gasteiger partial charge in [0, 0.05) is 26.2 Å². The Kier molecular flexibility index (Phi) is 4.07. The summed E-state index contributed by atoms with van der Waals surface area (Å²) in [6.07, 6.45) is 7.85. The molecule has 0 atom stereocenters. The number of isocyanates is 1. The van der Waals surface area contributed by atoms with Gasteiger partial charge < -0.3 is 9.47 Å². The van der Waals surface area contributed by atoms with E-state index < -0.39 is 5.79 Å². The van der Waals surface area contributed by atoms with Gasteiger partial charge in [-0.05, 0) is 17.7 Å². The maximum Gasteiger partial charge on any atom is 0.240 e. The molecular formula is C15H15NO3. The van der Waals surface area contributed by atoms with Crippen LogP contribution in [0.2, 0.25) is 0 Å². The molecule has 4 heteroatoms. The summed E-state index contributed by atoms with van der Waals surface area (Å²) in [4.78, 5) is 14.2. The molecule has 1 aliphatic rings. The summed E-state index contributed by atoms with van der Waals surface area (Å²) in [6.45, 7) is 0. The van der Waals surface area contributed by atoms with Gasteiger partial charge in [0.25, 0.3) is 0 Å². The molecular weight excluding hydrogens is 242 g/mol. The van der Waals surface area contributed by atoms with Crippen LogP contribution in [0.25, 0.3) is 5.57 Å². The number of hydrogen-bond donors (Lipinski definition) is 0. The lowest BCUT2D eigenvalue weighted by molar-refractivity contribution is -0.166. The second-order valence-corrected chi connectivity index (χ2v) is 4.17. The predicted molar refractivity (Wildman–Crippen MR) is 72.7 cm³/mol. The van der Waals surface area contributed by atoms with Gasteiger partial charge in [-0.1, -0.05) is 30.4 Å². The van der Waals surface area contributed by atoms with Crippen molar-refractivity contribution in [1.82, 2.24) is 0 Å². The molecule has 0 aromatic heterocycles. The molecule has 2 rings (SSSR count). The number of hydrogen-bond acceptors (Lipinski definition) is 4. The maximum atomic E-state index is 10.5. The number of carbonyl (C=O) groups excluding carboxylic acids is 1. The van der Waals surface area contributed by atoms with Crippen molar-refractivity contribution in [2.75, 3.05) is 14.2 Å². The van der Waals surface area contributed by atoms with E-state index in [1.165, 1.54) is 0 Å². The van der Waals surface area contributed by atoms with E-state index in [1.54, 1.807) is 26.4 Å². The summed E-state index contributed by atoms with van der Waals surface area (Å²) in [5.74, 6) is -0.762. The maximum absolute atomic E-state index is 10.5. The third-order valence-electron chi connectivity index (χ3n) is 3.19. The first-order chi connectivity index (χ1) is 9.24. The number of aliphatic imine (C=N–C) groups is 1. The Balaban J connectivity index is 2.41. The smallest absolute Gasteiger partial charge is 0.240 e. The van der Waals surface area contributed by atoms with Crippen LogP contribution < -0.4 is 0 Å². The van der Waals surface area contributed by atoms with E-state index in [2.05, 4.69) is 4.99 Å². The van der Waals surface area contributed by atoms with E-state index >= 15 is 0 Å². The fourth-order valence-corrected chi connectivity index (χ4v) is 2.13. The van der Waals surface area contributed by atoms with Crippen LogP contribution in [0, 0.1) is 0 Å².